The third-order valence-corrected chi connectivity index (χ3v) is 9.05. The van der Waals surface area contributed by atoms with Gasteiger partial charge in [-0.15, -0.1) is 4.83 Å². The van der Waals surface area contributed by atoms with Crippen LogP contribution < -0.4 is 15.0 Å². The molecular weight excluding hydrogens is 498 g/mol. The lowest BCUT2D eigenvalue weighted by atomic mass is 10.1. The van der Waals surface area contributed by atoms with Crippen LogP contribution >= 0.6 is 12.6 Å². The number of carbonyl (C=O) groups is 1. The molecule has 12 heteroatoms. The molecule has 3 aromatic rings. The predicted octanol–water partition coefficient (Wildman–Crippen LogP) is 1.92. The minimum absolute atomic E-state index is 0.0155. The van der Waals surface area contributed by atoms with Gasteiger partial charge in [0.1, 0.15) is 11.8 Å². The highest BCUT2D eigenvalue weighted by atomic mass is 32.2. The Balaban J connectivity index is 1.53. The zero-order valence-electron chi connectivity index (χ0n) is 18.1. The van der Waals surface area contributed by atoms with Crippen molar-refractivity contribution in [3.05, 3.63) is 66.7 Å². The number of fused-ring (bicyclic) bond motifs is 1. The molecule has 0 radical (unpaired) electrons. The number of carbonyl (C=O) groups excluding carboxylic acids is 1. The van der Waals surface area contributed by atoms with Gasteiger partial charge in [0, 0.05) is 11.8 Å². The number of methoxy groups -OCH3 is 1. The van der Waals surface area contributed by atoms with E-state index in [2.05, 4.69) is 18.1 Å². The van der Waals surface area contributed by atoms with E-state index >= 15 is 0 Å². The molecule has 0 aromatic heterocycles. The zero-order valence-corrected chi connectivity index (χ0v) is 20.6. The number of amides is 1. The SMILES string of the molecule is COc1ccc(S(=O)(=O)NNC(=O)[C@@H]2C[C@@H](S)CN2S(=O)(=O)c2ccc3ccccc3c2)cc1. The van der Waals surface area contributed by atoms with Gasteiger partial charge >= 0.3 is 0 Å². The Labute approximate surface area is 203 Å². The standard InChI is InChI=1S/C22H23N3O6S3/c1-31-17-7-10-19(11-8-17)33(27,28)24-23-22(26)21-13-18(32)14-25(21)34(29,30)20-9-6-15-4-2-3-5-16(15)12-20/h2-12,18,21,24,32H,13-14H2,1H3,(H,23,26)/t18-,21+/m1/s1. The molecule has 3 aromatic carbocycles. The lowest BCUT2D eigenvalue weighted by Crippen LogP contribution is -2.51. The highest BCUT2D eigenvalue weighted by Gasteiger charge is 2.43. The van der Waals surface area contributed by atoms with Crippen LogP contribution in [0.15, 0.2) is 76.5 Å². The monoisotopic (exact) mass is 521 g/mol. The Morgan fingerprint density at radius 1 is 0.971 bits per heavy atom. The van der Waals surface area contributed by atoms with Crippen LogP contribution in [0.5, 0.6) is 5.75 Å². The van der Waals surface area contributed by atoms with E-state index in [4.69, 9.17) is 4.74 Å². The molecule has 1 saturated heterocycles. The second-order valence-corrected chi connectivity index (χ2v) is 12.1. The van der Waals surface area contributed by atoms with Crippen molar-refractivity contribution in [2.45, 2.75) is 27.5 Å². The van der Waals surface area contributed by atoms with E-state index in [1.165, 1.54) is 37.4 Å². The number of nitrogens with one attached hydrogen (secondary N) is 2. The largest absolute Gasteiger partial charge is 0.497 e. The second-order valence-electron chi connectivity index (χ2n) is 7.76. The van der Waals surface area contributed by atoms with Crippen molar-refractivity contribution in [2.24, 2.45) is 0 Å². The van der Waals surface area contributed by atoms with Crippen LogP contribution in [0.4, 0.5) is 0 Å². The first-order chi connectivity index (χ1) is 16.1. The molecule has 1 heterocycles. The zero-order chi connectivity index (χ0) is 24.5. The molecule has 0 bridgehead atoms. The van der Waals surface area contributed by atoms with Gasteiger partial charge in [0.15, 0.2) is 0 Å². The molecule has 1 amide bonds. The third-order valence-electron chi connectivity index (χ3n) is 5.54. The molecule has 4 rings (SSSR count). The molecule has 0 unspecified atom stereocenters. The van der Waals surface area contributed by atoms with Gasteiger partial charge in [-0.05, 0) is 53.6 Å². The van der Waals surface area contributed by atoms with Gasteiger partial charge in [0.05, 0.1) is 16.9 Å². The van der Waals surface area contributed by atoms with Crippen LogP contribution in [0.2, 0.25) is 0 Å². The van der Waals surface area contributed by atoms with Crippen molar-refractivity contribution in [2.75, 3.05) is 13.7 Å². The van der Waals surface area contributed by atoms with Gasteiger partial charge in [0.2, 0.25) is 10.0 Å². The van der Waals surface area contributed by atoms with E-state index in [9.17, 15) is 21.6 Å². The number of thiol groups is 1. The van der Waals surface area contributed by atoms with Crippen LogP contribution in [0, 0.1) is 0 Å². The van der Waals surface area contributed by atoms with E-state index in [0.717, 1.165) is 15.1 Å². The van der Waals surface area contributed by atoms with Crippen LogP contribution in [0.25, 0.3) is 10.8 Å². The molecule has 9 nitrogen and oxygen atoms in total. The number of ether oxygens (including phenoxy) is 1. The van der Waals surface area contributed by atoms with Crippen molar-refractivity contribution >= 4 is 49.4 Å². The molecule has 2 N–H and O–H groups in total. The molecule has 34 heavy (non-hydrogen) atoms. The highest BCUT2D eigenvalue weighted by Crippen LogP contribution is 2.30. The summed E-state index contributed by atoms with van der Waals surface area (Å²) in [5, 5.41) is 1.25. The van der Waals surface area contributed by atoms with E-state index in [1.807, 2.05) is 23.0 Å². The normalized spacial score (nSPS) is 19.2. The highest BCUT2D eigenvalue weighted by molar-refractivity contribution is 7.89. The number of sulfonamides is 2. The second kappa shape index (κ2) is 9.55. The lowest BCUT2D eigenvalue weighted by Gasteiger charge is -2.23. The molecule has 2 atom stereocenters. The summed E-state index contributed by atoms with van der Waals surface area (Å²) < 4.78 is 57.9. The maximum absolute atomic E-state index is 13.4. The van der Waals surface area contributed by atoms with Gasteiger partial charge in [-0.1, -0.05) is 30.3 Å². The van der Waals surface area contributed by atoms with Gasteiger partial charge in [0.25, 0.3) is 15.9 Å². The van der Waals surface area contributed by atoms with Crippen LogP contribution in [-0.2, 0) is 24.8 Å². The minimum atomic E-state index is -4.08. The van der Waals surface area contributed by atoms with E-state index in [0.29, 0.717) is 5.75 Å². The maximum atomic E-state index is 13.4. The summed E-state index contributed by atoms with van der Waals surface area (Å²) in [5.41, 5.74) is 2.15. The predicted molar refractivity (Wildman–Crippen MR) is 130 cm³/mol. The van der Waals surface area contributed by atoms with Gasteiger partial charge < -0.3 is 4.74 Å². The Morgan fingerprint density at radius 2 is 1.62 bits per heavy atom. The van der Waals surface area contributed by atoms with E-state index in [-0.39, 0.29) is 28.0 Å². The molecule has 1 aliphatic heterocycles. The molecule has 1 aliphatic rings. The fraction of sp³-hybridized carbons (Fsp3) is 0.227. The number of nitrogens with zero attached hydrogens (tertiary/aromatic N) is 1. The molecule has 180 valence electrons. The summed E-state index contributed by atoms with van der Waals surface area (Å²) in [7, 11) is -6.66. The summed E-state index contributed by atoms with van der Waals surface area (Å²) >= 11 is 4.37. The quantitative estimate of drug-likeness (QED) is 0.323. The number of hydrazine groups is 1. The van der Waals surface area contributed by atoms with Gasteiger partial charge in [-0.2, -0.15) is 16.9 Å². The molecule has 0 saturated carbocycles. The fourth-order valence-corrected chi connectivity index (χ4v) is 6.78. The maximum Gasteiger partial charge on any atom is 0.257 e. The average Bonchev–Trinajstić information content (AvgIpc) is 3.25. The molecular formula is C22H23N3O6S3. The Hall–Kier alpha value is -2.64. The van der Waals surface area contributed by atoms with Crippen LogP contribution in [0.3, 0.4) is 0 Å². The molecule has 1 fully saturated rings. The number of benzene rings is 3. The number of hydrogen-bond acceptors (Lipinski definition) is 7. The smallest absolute Gasteiger partial charge is 0.257 e. The minimum Gasteiger partial charge on any atom is -0.497 e. The van der Waals surface area contributed by atoms with Crippen LogP contribution in [-0.4, -0.2) is 52.0 Å². The van der Waals surface area contributed by atoms with Gasteiger partial charge in [-0.3, -0.25) is 10.2 Å². The Kier molecular flexibility index (Phi) is 6.87. The summed E-state index contributed by atoms with van der Waals surface area (Å²) in [6.45, 7) is 0.0155. The number of rotatable bonds is 7. The first-order valence-corrected chi connectivity index (χ1v) is 13.7. The van der Waals surface area contributed by atoms with Crippen molar-refractivity contribution in [3.8, 4) is 5.75 Å². The average molecular weight is 522 g/mol. The molecule has 0 aliphatic carbocycles. The van der Waals surface area contributed by atoms with E-state index < -0.39 is 32.0 Å². The Bertz CT molecular complexity index is 1430. The number of hydrogen-bond donors (Lipinski definition) is 3. The van der Waals surface area contributed by atoms with Crippen LogP contribution in [0.1, 0.15) is 6.42 Å². The first-order valence-electron chi connectivity index (χ1n) is 10.3. The van der Waals surface area contributed by atoms with Crippen molar-refractivity contribution in [1.82, 2.24) is 14.6 Å². The third kappa shape index (κ3) is 4.91. The summed E-state index contributed by atoms with van der Waals surface area (Å²) in [6.07, 6.45) is 0.131. The topological polar surface area (TPSA) is 122 Å². The lowest BCUT2D eigenvalue weighted by molar-refractivity contribution is -0.124. The summed E-state index contributed by atoms with van der Waals surface area (Å²) in [5.74, 6) is -0.318. The van der Waals surface area contributed by atoms with Crippen molar-refractivity contribution in [1.29, 1.82) is 0 Å². The van der Waals surface area contributed by atoms with Crippen molar-refractivity contribution in [3.63, 3.8) is 0 Å². The summed E-state index contributed by atoms with van der Waals surface area (Å²) in [6, 6.07) is 16.5. The van der Waals surface area contributed by atoms with E-state index in [1.54, 1.807) is 18.2 Å². The molecule has 0 spiro atoms. The van der Waals surface area contributed by atoms with Crippen molar-refractivity contribution < 1.29 is 26.4 Å². The first kappa shape index (κ1) is 24.5. The summed E-state index contributed by atoms with van der Waals surface area (Å²) in [4.78, 5) is 14.9. The Morgan fingerprint density at radius 3 is 2.29 bits per heavy atom. The van der Waals surface area contributed by atoms with Gasteiger partial charge in [-0.25, -0.2) is 16.8 Å². The fourth-order valence-electron chi connectivity index (χ4n) is 3.77.